The van der Waals surface area contributed by atoms with E-state index in [1.807, 2.05) is 46.0 Å². The highest BCUT2D eigenvalue weighted by Crippen LogP contribution is 2.12. The molecular formula is C10H16N2S. The Kier molecular flexibility index (Phi) is 7.11. The molecule has 72 valence electrons. The van der Waals surface area contributed by atoms with Crippen molar-refractivity contribution in [3.8, 4) is 0 Å². The van der Waals surface area contributed by atoms with Gasteiger partial charge in [-0.3, -0.25) is 0 Å². The summed E-state index contributed by atoms with van der Waals surface area (Å²) in [6.07, 6.45) is 3.60. The summed E-state index contributed by atoms with van der Waals surface area (Å²) in [4.78, 5) is 5.11. The average Bonchev–Trinajstić information content (AvgIpc) is 2.71. The molecule has 2 nitrogen and oxygen atoms in total. The molecule has 0 aliphatic carbocycles. The van der Waals surface area contributed by atoms with Gasteiger partial charge in [-0.1, -0.05) is 27.7 Å². The molecule has 0 fully saturated rings. The smallest absolute Gasteiger partial charge is 0.143 e. The molecule has 0 aliphatic heterocycles. The van der Waals surface area contributed by atoms with Crippen LogP contribution < -0.4 is 0 Å². The molecule has 0 unspecified atom stereocenters. The van der Waals surface area contributed by atoms with E-state index in [0.29, 0.717) is 0 Å². The minimum absolute atomic E-state index is 1.01. The molecule has 0 bridgehead atoms. The van der Waals surface area contributed by atoms with Crippen molar-refractivity contribution in [3.05, 3.63) is 24.5 Å². The normalized spacial score (nSPS) is 8.00. The topological polar surface area (TPSA) is 25.8 Å². The zero-order chi connectivity index (χ0) is 10.1. The van der Waals surface area contributed by atoms with Crippen LogP contribution in [0.2, 0.25) is 0 Å². The van der Waals surface area contributed by atoms with Gasteiger partial charge >= 0.3 is 0 Å². The number of aromatic nitrogens is 2. The maximum Gasteiger partial charge on any atom is 0.143 e. The number of pyridine rings is 1. The molecule has 0 aromatic carbocycles. The number of hydrogen-bond acceptors (Lipinski definition) is 3. The summed E-state index contributed by atoms with van der Waals surface area (Å²) in [6, 6.07) is 3.92. The lowest BCUT2D eigenvalue weighted by Gasteiger charge is -1.79. The summed E-state index contributed by atoms with van der Waals surface area (Å²) in [5.41, 5.74) is 0. The van der Waals surface area contributed by atoms with Gasteiger partial charge in [0.05, 0.1) is 6.20 Å². The fraction of sp³-hybridized carbons (Fsp3) is 0.400. The highest BCUT2D eigenvalue weighted by atomic mass is 32.1. The van der Waals surface area contributed by atoms with Crippen molar-refractivity contribution in [2.75, 3.05) is 0 Å². The highest BCUT2D eigenvalue weighted by Gasteiger charge is 1.91. The monoisotopic (exact) mass is 196 g/mol. The van der Waals surface area contributed by atoms with Crippen molar-refractivity contribution in [1.29, 1.82) is 0 Å². The van der Waals surface area contributed by atoms with Crippen molar-refractivity contribution >= 4 is 21.7 Å². The Balaban J connectivity index is 0.000000322. The first-order valence-electron chi connectivity index (χ1n) is 4.62. The maximum absolute atomic E-state index is 4.10. The Hall–Kier alpha value is -0.960. The van der Waals surface area contributed by atoms with E-state index in [4.69, 9.17) is 0 Å². The largest absolute Gasteiger partial charge is 0.244 e. The fourth-order valence-electron chi connectivity index (χ4n) is 0.711. The Morgan fingerprint density at radius 2 is 1.85 bits per heavy atom. The molecule has 0 spiro atoms. The Bertz CT molecular complexity index is 287. The van der Waals surface area contributed by atoms with Crippen LogP contribution in [0.15, 0.2) is 24.5 Å². The van der Waals surface area contributed by atoms with E-state index in [2.05, 4.69) is 9.36 Å². The Morgan fingerprint density at radius 3 is 2.46 bits per heavy atom. The van der Waals surface area contributed by atoms with E-state index in [1.165, 1.54) is 11.5 Å². The van der Waals surface area contributed by atoms with Gasteiger partial charge in [-0.2, -0.15) is 4.37 Å². The van der Waals surface area contributed by atoms with Crippen LogP contribution in [-0.4, -0.2) is 9.36 Å². The van der Waals surface area contributed by atoms with Gasteiger partial charge in [0.25, 0.3) is 0 Å². The van der Waals surface area contributed by atoms with Crippen LogP contribution in [0.5, 0.6) is 0 Å². The molecule has 0 N–H and O–H groups in total. The third kappa shape index (κ3) is 3.51. The summed E-state index contributed by atoms with van der Waals surface area (Å²) in [6.45, 7) is 8.00. The van der Waals surface area contributed by atoms with Gasteiger partial charge in [-0.15, -0.1) is 0 Å². The van der Waals surface area contributed by atoms with Crippen molar-refractivity contribution in [1.82, 2.24) is 9.36 Å². The third-order valence-electron chi connectivity index (χ3n) is 1.13. The summed E-state index contributed by atoms with van der Waals surface area (Å²) >= 11 is 1.43. The van der Waals surface area contributed by atoms with E-state index in [9.17, 15) is 0 Å². The molecule has 0 atom stereocenters. The highest BCUT2D eigenvalue weighted by molar-refractivity contribution is 7.12. The molecule has 13 heavy (non-hydrogen) atoms. The van der Waals surface area contributed by atoms with Gasteiger partial charge in [0.1, 0.15) is 4.83 Å². The molecule has 3 heteroatoms. The first-order valence-corrected chi connectivity index (χ1v) is 5.39. The van der Waals surface area contributed by atoms with Crippen LogP contribution >= 0.6 is 11.5 Å². The molecule has 0 saturated carbocycles. The van der Waals surface area contributed by atoms with Gasteiger partial charge in [0.2, 0.25) is 0 Å². The van der Waals surface area contributed by atoms with Crippen LogP contribution in [0.25, 0.3) is 10.2 Å². The standard InChI is InChI=1S/C6H4N2S.2C2H6/c1-2-5-4-8-9-6(5)7-3-1;2*1-2/h1-4H;2*1-2H3. The SMILES string of the molecule is CC.CC.c1cnc2sncc2c1. The number of nitrogens with zero attached hydrogens (tertiary/aromatic N) is 2. The second kappa shape index (κ2) is 7.68. The van der Waals surface area contributed by atoms with Crippen molar-refractivity contribution in [3.63, 3.8) is 0 Å². The van der Waals surface area contributed by atoms with Gasteiger partial charge in [-0.25, -0.2) is 4.98 Å². The van der Waals surface area contributed by atoms with Crippen molar-refractivity contribution in [2.45, 2.75) is 27.7 Å². The van der Waals surface area contributed by atoms with Crippen LogP contribution in [0.1, 0.15) is 27.7 Å². The summed E-state index contributed by atoms with van der Waals surface area (Å²) in [5.74, 6) is 0. The van der Waals surface area contributed by atoms with E-state index >= 15 is 0 Å². The van der Waals surface area contributed by atoms with Crippen LogP contribution in [0, 0.1) is 0 Å². The second-order valence-corrected chi connectivity index (χ2v) is 2.50. The van der Waals surface area contributed by atoms with E-state index in [0.717, 1.165) is 10.2 Å². The number of rotatable bonds is 0. The van der Waals surface area contributed by atoms with E-state index < -0.39 is 0 Å². The minimum atomic E-state index is 1.01. The predicted octanol–water partition coefficient (Wildman–Crippen LogP) is 3.74. The minimum Gasteiger partial charge on any atom is -0.244 e. The quantitative estimate of drug-likeness (QED) is 0.641. The third-order valence-corrected chi connectivity index (χ3v) is 1.86. The van der Waals surface area contributed by atoms with Crippen molar-refractivity contribution in [2.24, 2.45) is 0 Å². The molecule has 2 aromatic rings. The van der Waals surface area contributed by atoms with E-state index in [1.54, 1.807) is 6.20 Å². The van der Waals surface area contributed by atoms with Gasteiger partial charge in [0, 0.05) is 11.6 Å². The first-order chi connectivity index (χ1) is 6.47. The predicted molar refractivity (Wildman–Crippen MR) is 60.1 cm³/mol. The molecular weight excluding hydrogens is 180 g/mol. The lowest BCUT2D eigenvalue weighted by atomic mass is 10.4. The van der Waals surface area contributed by atoms with Gasteiger partial charge in [0.15, 0.2) is 0 Å². The number of hydrogen-bond donors (Lipinski definition) is 0. The Labute approximate surface area is 83.8 Å². The van der Waals surface area contributed by atoms with Crippen LogP contribution in [0.3, 0.4) is 0 Å². The van der Waals surface area contributed by atoms with Crippen molar-refractivity contribution < 1.29 is 0 Å². The second-order valence-electron chi connectivity index (χ2n) is 1.72. The zero-order valence-corrected chi connectivity index (χ0v) is 9.43. The van der Waals surface area contributed by atoms with Gasteiger partial charge in [-0.05, 0) is 23.7 Å². The average molecular weight is 196 g/mol. The summed E-state index contributed by atoms with van der Waals surface area (Å²) in [5, 5.41) is 1.13. The molecule has 0 radical (unpaired) electrons. The number of fused-ring (bicyclic) bond motifs is 1. The molecule has 2 heterocycles. The first kappa shape index (κ1) is 12.0. The molecule has 0 amide bonds. The lowest BCUT2D eigenvalue weighted by molar-refractivity contribution is 1.45. The maximum atomic E-state index is 4.10. The zero-order valence-electron chi connectivity index (χ0n) is 8.61. The van der Waals surface area contributed by atoms with Gasteiger partial charge < -0.3 is 0 Å². The summed E-state index contributed by atoms with van der Waals surface area (Å²) < 4.78 is 3.98. The molecule has 2 aromatic heterocycles. The van der Waals surface area contributed by atoms with Crippen LogP contribution in [0.4, 0.5) is 0 Å². The molecule has 0 aliphatic rings. The Morgan fingerprint density at radius 1 is 1.15 bits per heavy atom. The lowest BCUT2D eigenvalue weighted by Crippen LogP contribution is -1.65. The fourth-order valence-corrected chi connectivity index (χ4v) is 1.31. The van der Waals surface area contributed by atoms with E-state index in [-0.39, 0.29) is 0 Å². The molecule has 2 rings (SSSR count). The van der Waals surface area contributed by atoms with Crippen LogP contribution in [-0.2, 0) is 0 Å². The molecule has 0 saturated heterocycles. The summed E-state index contributed by atoms with van der Waals surface area (Å²) in [7, 11) is 0.